The van der Waals surface area contributed by atoms with Gasteiger partial charge in [0, 0.05) is 75.9 Å². The summed E-state index contributed by atoms with van der Waals surface area (Å²) in [6.45, 7) is 6.01. The summed E-state index contributed by atoms with van der Waals surface area (Å²) in [7, 11) is 2.00. The van der Waals surface area contributed by atoms with Crippen molar-refractivity contribution in [2.75, 3.05) is 55.3 Å². The number of pyridine rings is 1. The Labute approximate surface area is 237 Å². The summed E-state index contributed by atoms with van der Waals surface area (Å²) >= 11 is 0. The number of likely N-dealkylation sites (N-methyl/N-ethyl adjacent to an activating group) is 1. The number of amides is 2. The fourth-order valence-corrected chi connectivity index (χ4v) is 5.25. The van der Waals surface area contributed by atoms with Gasteiger partial charge < -0.3 is 20.4 Å². The molecule has 0 aliphatic carbocycles. The molecule has 41 heavy (non-hydrogen) atoms. The SMILES string of the molecule is CC(=O)Nc1ccc(CN2CCc3ccc(C(=O)Nc4ccc(CN5CCN(C)CC5)c(C(F)(F)F)c4)cc32)cn1. The number of carbonyl (C=O) groups excluding carboxylic acids is 2. The van der Waals surface area contributed by atoms with Crippen LogP contribution in [-0.4, -0.2) is 66.4 Å². The predicted octanol–water partition coefficient (Wildman–Crippen LogP) is 4.62. The largest absolute Gasteiger partial charge is 0.416 e. The molecular formula is C30H33F3N6O2. The minimum atomic E-state index is -4.54. The van der Waals surface area contributed by atoms with Crippen molar-refractivity contribution in [2.45, 2.75) is 32.6 Å². The second-order valence-electron chi connectivity index (χ2n) is 10.7. The molecule has 3 aromatic rings. The first kappa shape index (κ1) is 28.6. The smallest absolute Gasteiger partial charge is 0.367 e. The normalized spacial score (nSPS) is 16.0. The molecule has 2 amide bonds. The third-order valence-electron chi connectivity index (χ3n) is 7.50. The van der Waals surface area contributed by atoms with Gasteiger partial charge in [0.25, 0.3) is 5.91 Å². The van der Waals surface area contributed by atoms with Crippen LogP contribution < -0.4 is 15.5 Å². The number of nitrogens with one attached hydrogen (secondary N) is 2. The third-order valence-corrected chi connectivity index (χ3v) is 7.50. The number of alkyl halides is 3. The van der Waals surface area contributed by atoms with E-state index < -0.39 is 17.6 Å². The van der Waals surface area contributed by atoms with Crippen molar-refractivity contribution >= 4 is 29.0 Å². The van der Waals surface area contributed by atoms with Crippen LogP contribution in [0.25, 0.3) is 0 Å². The van der Waals surface area contributed by atoms with Gasteiger partial charge in [0.15, 0.2) is 0 Å². The molecule has 2 aromatic carbocycles. The molecule has 2 aliphatic heterocycles. The van der Waals surface area contributed by atoms with Crippen LogP contribution in [0.2, 0.25) is 0 Å². The Bertz CT molecular complexity index is 1420. The average Bonchev–Trinajstić information content (AvgIpc) is 3.33. The van der Waals surface area contributed by atoms with Crippen LogP contribution in [0.4, 0.5) is 30.4 Å². The van der Waals surface area contributed by atoms with Crippen LogP contribution in [0.5, 0.6) is 0 Å². The number of hydrogen-bond donors (Lipinski definition) is 2. The van der Waals surface area contributed by atoms with Gasteiger partial charge in [0.1, 0.15) is 5.82 Å². The van der Waals surface area contributed by atoms with E-state index in [0.29, 0.717) is 31.0 Å². The summed E-state index contributed by atoms with van der Waals surface area (Å²) in [5, 5.41) is 5.30. The molecule has 3 heterocycles. The standard InChI is InChI=1S/C30H33F3N6O2/c1-20(40)35-28-8-3-21(17-34-28)18-39-10-9-22-4-5-23(15-27(22)39)29(41)36-25-7-6-24(26(16-25)30(31,32)33)19-38-13-11-37(2)12-14-38/h3-8,15-17H,9-14,18-19H2,1-2H3,(H,36,41)(H,34,35,40). The van der Waals surface area contributed by atoms with Gasteiger partial charge in [-0.3, -0.25) is 14.5 Å². The number of halogens is 3. The number of carbonyl (C=O) groups is 2. The maximum absolute atomic E-state index is 14.0. The Kier molecular flexibility index (Phi) is 8.27. The Morgan fingerprint density at radius 1 is 0.927 bits per heavy atom. The van der Waals surface area contributed by atoms with Crippen molar-refractivity contribution in [3.63, 3.8) is 0 Å². The van der Waals surface area contributed by atoms with E-state index in [-0.39, 0.29) is 23.7 Å². The topological polar surface area (TPSA) is 80.8 Å². The molecular weight excluding hydrogens is 533 g/mol. The third kappa shape index (κ3) is 7.04. The van der Waals surface area contributed by atoms with E-state index >= 15 is 0 Å². The first-order valence-corrected chi connectivity index (χ1v) is 13.6. The summed E-state index contributed by atoms with van der Waals surface area (Å²) in [5.41, 5.74) is 2.88. The number of nitrogens with zero attached hydrogens (tertiary/aromatic N) is 4. The van der Waals surface area contributed by atoms with Gasteiger partial charge in [0.2, 0.25) is 5.91 Å². The Morgan fingerprint density at radius 2 is 1.71 bits per heavy atom. The van der Waals surface area contributed by atoms with Crippen LogP contribution in [0.15, 0.2) is 54.7 Å². The predicted molar refractivity (Wildman–Crippen MR) is 152 cm³/mol. The molecule has 216 valence electrons. The molecule has 0 saturated carbocycles. The summed E-state index contributed by atoms with van der Waals surface area (Å²) in [4.78, 5) is 34.9. The van der Waals surface area contributed by atoms with Crippen molar-refractivity contribution in [3.05, 3.63) is 82.5 Å². The fraction of sp³-hybridized carbons (Fsp3) is 0.367. The van der Waals surface area contributed by atoms with Crippen LogP contribution >= 0.6 is 0 Å². The lowest BCUT2D eigenvalue weighted by Gasteiger charge is -2.33. The summed E-state index contributed by atoms with van der Waals surface area (Å²) in [6, 6.07) is 13.0. The van der Waals surface area contributed by atoms with Crippen LogP contribution in [-0.2, 0) is 30.5 Å². The molecule has 0 bridgehead atoms. The molecule has 1 fully saturated rings. The molecule has 11 heteroatoms. The molecule has 1 aromatic heterocycles. The number of piperazine rings is 1. The van der Waals surface area contributed by atoms with Crippen molar-refractivity contribution in [2.24, 2.45) is 0 Å². The molecule has 5 rings (SSSR count). The van der Waals surface area contributed by atoms with E-state index in [4.69, 9.17) is 0 Å². The minimum Gasteiger partial charge on any atom is -0.367 e. The number of rotatable bonds is 7. The van der Waals surface area contributed by atoms with Gasteiger partial charge in [0.05, 0.1) is 5.56 Å². The zero-order chi connectivity index (χ0) is 29.1. The fourth-order valence-electron chi connectivity index (χ4n) is 5.25. The second kappa shape index (κ2) is 11.9. The maximum atomic E-state index is 14.0. The maximum Gasteiger partial charge on any atom is 0.416 e. The van der Waals surface area contributed by atoms with E-state index in [1.807, 2.05) is 24.1 Å². The summed E-state index contributed by atoms with van der Waals surface area (Å²) < 4.78 is 42.0. The molecule has 0 spiro atoms. The van der Waals surface area contributed by atoms with Crippen molar-refractivity contribution in [1.29, 1.82) is 0 Å². The highest BCUT2D eigenvalue weighted by Gasteiger charge is 2.34. The first-order valence-electron chi connectivity index (χ1n) is 13.6. The zero-order valence-corrected chi connectivity index (χ0v) is 23.1. The average molecular weight is 567 g/mol. The molecule has 1 saturated heterocycles. The summed E-state index contributed by atoms with van der Waals surface area (Å²) in [6.07, 6.45) is -2.02. The van der Waals surface area contributed by atoms with E-state index in [0.717, 1.165) is 48.9 Å². The van der Waals surface area contributed by atoms with Gasteiger partial charge in [-0.15, -0.1) is 0 Å². The number of fused-ring (bicyclic) bond motifs is 1. The zero-order valence-electron chi connectivity index (χ0n) is 23.1. The van der Waals surface area contributed by atoms with Gasteiger partial charge in [-0.1, -0.05) is 18.2 Å². The number of anilines is 3. The first-order chi connectivity index (χ1) is 19.5. The second-order valence-corrected chi connectivity index (χ2v) is 10.7. The quantitative estimate of drug-likeness (QED) is 0.435. The molecule has 0 radical (unpaired) electrons. The van der Waals surface area contributed by atoms with E-state index in [1.165, 1.54) is 19.1 Å². The van der Waals surface area contributed by atoms with E-state index in [2.05, 4.69) is 25.4 Å². The van der Waals surface area contributed by atoms with Crippen LogP contribution in [0, 0.1) is 0 Å². The Hall–Kier alpha value is -3.96. The van der Waals surface area contributed by atoms with E-state index in [1.54, 1.807) is 24.4 Å². The van der Waals surface area contributed by atoms with Gasteiger partial charge in [-0.25, -0.2) is 4.98 Å². The molecule has 2 aliphatic rings. The lowest BCUT2D eigenvalue weighted by Crippen LogP contribution is -2.44. The monoisotopic (exact) mass is 566 g/mol. The van der Waals surface area contributed by atoms with E-state index in [9.17, 15) is 22.8 Å². The molecule has 2 N–H and O–H groups in total. The Morgan fingerprint density at radius 3 is 2.39 bits per heavy atom. The minimum absolute atomic E-state index is 0.104. The van der Waals surface area contributed by atoms with Gasteiger partial charge >= 0.3 is 6.18 Å². The van der Waals surface area contributed by atoms with Crippen molar-refractivity contribution in [1.82, 2.24) is 14.8 Å². The van der Waals surface area contributed by atoms with Crippen LogP contribution in [0.3, 0.4) is 0 Å². The van der Waals surface area contributed by atoms with Gasteiger partial charge in [-0.05, 0) is 60.5 Å². The lowest BCUT2D eigenvalue weighted by atomic mass is 10.0. The highest BCUT2D eigenvalue weighted by molar-refractivity contribution is 6.05. The van der Waals surface area contributed by atoms with Crippen molar-refractivity contribution in [3.8, 4) is 0 Å². The highest BCUT2D eigenvalue weighted by atomic mass is 19.4. The molecule has 0 unspecified atom stereocenters. The number of hydrogen-bond acceptors (Lipinski definition) is 6. The highest BCUT2D eigenvalue weighted by Crippen LogP contribution is 2.35. The van der Waals surface area contributed by atoms with Gasteiger partial charge in [-0.2, -0.15) is 13.2 Å². The van der Waals surface area contributed by atoms with Crippen molar-refractivity contribution < 1.29 is 22.8 Å². The molecule has 8 nitrogen and oxygen atoms in total. The molecule has 0 atom stereocenters. The summed E-state index contributed by atoms with van der Waals surface area (Å²) in [5.74, 6) is -0.190. The Balaban J connectivity index is 1.29. The lowest BCUT2D eigenvalue weighted by molar-refractivity contribution is -0.138. The van der Waals surface area contributed by atoms with Crippen LogP contribution in [0.1, 0.15) is 39.5 Å². The number of aromatic nitrogens is 1. The number of benzene rings is 2.